The van der Waals surface area contributed by atoms with Crippen LogP contribution in [0.15, 0.2) is 54.7 Å². The Morgan fingerprint density at radius 1 is 1.06 bits per heavy atom. The molecule has 0 atom stereocenters. The van der Waals surface area contributed by atoms with E-state index in [2.05, 4.69) is 10.3 Å². The summed E-state index contributed by atoms with van der Waals surface area (Å²) in [6, 6.07) is 14.1. The molecule has 0 unspecified atom stereocenters. The maximum atomic E-state index is 12.9. The van der Waals surface area contributed by atoms with E-state index in [1.54, 1.807) is 42.4 Å². The Kier molecular flexibility index (Phi) is 5.53. The number of carbonyl (C=O) groups is 2. The van der Waals surface area contributed by atoms with Gasteiger partial charge in [0.2, 0.25) is 0 Å². The second-order valence-electron chi connectivity index (χ2n) is 7.03. The van der Waals surface area contributed by atoms with Crippen LogP contribution in [0.25, 0.3) is 0 Å². The molecule has 2 heterocycles. The SMILES string of the molecule is CN1C(=O)c2ccccc2N(C)c2cc(Nc3ccc(C=O)cc3OCCF)ncc21. The summed E-state index contributed by atoms with van der Waals surface area (Å²) >= 11 is 0. The quantitative estimate of drug-likeness (QED) is 0.598. The van der Waals surface area contributed by atoms with Crippen molar-refractivity contribution in [2.24, 2.45) is 0 Å². The van der Waals surface area contributed by atoms with Crippen LogP contribution in [0.1, 0.15) is 20.7 Å². The highest BCUT2D eigenvalue weighted by Gasteiger charge is 2.27. The number of rotatable bonds is 6. The Balaban J connectivity index is 1.73. The molecule has 0 fully saturated rings. The maximum Gasteiger partial charge on any atom is 0.260 e. The second-order valence-corrected chi connectivity index (χ2v) is 7.03. The average Bonchev–Trinajstić information content (AvgIpc) is 2.88. The number of anilines is 5. The molecule has 1 aliphatic heterocycles. The predicted molar refractivity (Wildman–Crippen MR) is 118 cm³/mol. The van der Waals surface area contributed by atoms with Crippen molar-refractivity contribution in [1.82, 2.24) is 4.98 Å². The number of aldehydes is 1. The molecule has 1 amide bonds. The molecule has 0 bridgehead atoms. The van der Waals surface area contributed by atoms with Gasteiger partial charge in [-0.3, -0.25) is 9.59 Å². The van der Waals surface area contributed by atoms with E-state index < -0.39 is 6.67 Å². The van der Waals surface area contributed by atoms with Crippen molar-refractivity contribution in [3.63, 3.8) is 0 Å². The summed E-state index contributed by atoms with van der Waals surface area (Å²) in [5.41, 5.74) is 3.81. The van der Waals surface area contributed by atoms with Crippen molar-refractivity contribution in [3.05, 3.63) is 65.9 Å². The first kappa shape index (κ1) is 20.3. The highest BCUT2D eigenvalue weighted by Crippen LogP contribution is 2.40. The highest BCUT2D eigenvalue weighted by atomic mass is 19.1. The van der Waals surface area contributed by atoms with Crippen molar-refractivity contribution < 1.29 is 18.7 Å². The van der Waals surface area contributed by atoms with Crippen molar-refractivity contribution in [3.8, 4) is 5.75 Å². The van der Waals surface area contributed by atoms with E-state index in [1.165, 1.54) is 0 Å². The molecular formula is C23H21FN4O3. The number of alkyl halides is 1. The fourth-order valence-corrected chi connectivity index (χ4v) is 3.52. The van der Waals surface area contributed by atoms with E-state index in [0.29, 0.717) is 40.4 Å². The molecule has 3 aromatic rings. The number of para-hydroxylation sites is 1. The minimum Gasteiger partial charge on any atom is -0.489 e. The van der Waals surface area contributed by atoms with Crippen LogP contribution in [0.4, 0.5) is 33.0 Å². The largest absolute Gasteiger partial charge is 0.489 e. The van der Waals surface area contributed by atoms with Gasteiger partial charge in [0, 0.05) is 25.7 Å². The molecule has 8 heteroatoms. The zero-order chi connectivity index (χ0) is 22.0. The fourth-order valence-electron chi connectivity index (χ4n) is 3.52. The van der Waals surface area contributed by atoms with Gasteiger partial charge in [-0.2, -0.15) is 0 Å². The summed E-state index contributed by atoms with van der Waals surface area (Å²) in [4.78, 5) is 32.0. The third-order valence-electron chi connectivity index (χ3n) is 5.12. The number of pyridine rings is 1. The van der Waals surface area contributed by atoms with Crippen LogP contribution < -0.4 is 19.9 Å². The molecule has 2 aromatic carbocycles. The standard InChI is InChI=1S/C23H21FN4O3/c1-27-18-6-4-3-5-16(18)23(30)28(2)20-13-25-22(12-19(20)27)26-17-8-7-15(14-29)11-21(17)31-10-9-24/h3-8,11-14H,9-10H2,1-2H3,(H,25,26). The molecule has 0 spiro atoms. The first-order valence-electron chi connectivity index (χ1n) is 9.69. The Bertz CT molecular complexity index is 1150. The lowest BCUT2D eigenvalue weighted by Crippen LogP contribution is -2.25. The topological polar surface area (TPSA) is 74.8 Å². The van der Waals surface area contributed by atoms with Gasteiger partial charge in [-0.25, -0.2) is 9.37 Å². The van der Waals surface area contributed by atoms with Gasteiger partial charge in [0.1, 0.15) is 31.1 Å². The van der Waals surface area contributed by atoms with E-state index in [1.807, 2.05) is 36.2 Å². The number of aromatic nitrogens is 1. The Labute approximate surface area is 179 Å². The van der Waals surface area contributed by atoms with Crippen molar-refractivity contribution in [2.75, 3.05) is 42.5 Å². The molecular weight excluding hydrogens is 399 g/mol. The average molecular weight is 420 g/mol. The minimum absolute atomic E-state index is 0.116. The summed E-state index contributed by atoms with van der Waals surface area (Å²) < 4.78 is 18.1. The lowest BCUT2D eigenvalue weighted by molar-refractivity contribution is 0.0994. The van der Waals surface area contributed by atoms with Gasteiger partial charge in [-0.15, -0.1) is 0 Å². The normalized spacial score (nSPS) is 12.7. The van der Waals surface area contributed by atoms with Crippen molar-refractivity contribution >= 4 is 40.8 Å². The van der Waals surface area contributed by atoms with Crippen LogP contribution in [0.2, 0.25) is 0 Å². The number of amides is 1. The van der Waals surface area contributed by atoms with Crippen LogP contribution in [0.3, 0.4) is 0 Å². The van der Waals surface area contributed by atoms with Gasteiger partial charge in [0.25, 0.3) is 5.91 Å². The summed E-state index contributed by atoms with van der Waals surface area (Å²) in [6.07, 6.45) is 2.33. The minimum atomic E-state index is -0.646. The number of ether oxygens (including phenoxy) is 1. The lowest BCUT2D eigenvalue weighted by atomic mass is 10.1. The van der Waals surface area contributed by atoms with Gasteiger partial charge in [-0.1, -0.05) is 12.1 Å². The summed E-state index contributed by atoms with van der Waals surface area (Å²) in [5, 5.41) is 3.17. The maximum absolute atomic E-state index is 12.9. The van der Waals surface area contributed by atoms with Crippen LogP contribution in [0.5, 0.6) is 5.75 Å². The number of nitrogens with one attached hydrogen (secondary N) is 1. The van der Waals surface area contributed by atoms with Crippen LogP contribution in [-0.4, -0.2) is 44.6 Å². The third-order valence-corrected chi connectivity index (χ3v) is 5.12. The molecule has 31 heavy (non-hydrogen) atoms. The summed E-state index contributed by atoms with van der Waals surface area (Å²) in [6.45, 7) is -0.770. The van der Waals surface area contributed by atoms with Gasteiger partial charge >= 0.3 is 0 Å². The number of hydrogen-bond donors (Lipinski definition) is 1. The van der Waals surface area contributed by atoms with Crippen molar-refractivity contribution in [2.45, 2.75) is 0 Å². The van der Waals surface area contributed by atoms with Gasteiger partial charge in [0.15, 0.2) is 0 Å². The van der Waals surface area contributed by atoms with E-state index in [9.17, 15) is 14.0 Å². The molecule has 1 aliphatic rings. The Hall–Kier alpha value is -3.94. The molecule has 4 rings (SSSR count). The van der Waals surface area contributed by atoms with E-state index in [4.69, 9.17) is 4.74 Å². The molecule has 1 aromatic heterocycles. The Morgan fingerprint density at radius 2 is 1.87 bits per heavy atom. The molecule has 1 N–H and O–H groups in total. The van der Waals surface area contributed by atoms with Crippen molar-refractivity contribution in [1.29, 1.82) is 0 Å². The first-order chi connectivity index (χ1) is 15.0. The number of halogens is 1. The van der Waals surface area contributed by atoms with Crippen LogP contribution >= 0.6 is 0 Å². The van der Waals surface area contributed by atoms with E-state index in [-0.39, 0.29) is 12.5 Å². The molecule has 0 saturated carbocycles. The van der Waals surface area contributed by atoms with Gasteiger partial charge in [0.05, 0.1) is 34.5 Å². The Morgan fingerprint density at radius 3 is 2.65 bits per heavy atom. The van der Waals surface area contributed by atoms with Gasteiger partial charge in [-0.05, 0) is 30.3 Å². The monoisotopic (exact) mass is 420 g/mol. The molecule has 0 radical (unpaired) electrons. The molecule has 0 saturated heterocycles. The molecule has 0 aliphatic carbocycles. The number of benzene rings is 2. The van der Waals surface area contributed by atoms with E-state index in [0.717, 1.165) is 11.4 Å². The molecule has 158 valence electrons. The van der Waals surface area contributed by atoms with Gasteiger partial charge < -0.3 is 19.9 Å². The number of carbonyl (C=O) groups excluding carboxylic acids is 2. The number of hydrogen-bond acceptors (Lipinski definition) is 6. The predicted octanol–water partition coefficient (Wildman–Crippen LogP) is 4.34. The number of nitrogens with zero attached hydrogens (tertiary/aromatic N) is 3. The smallest absolute Gasteiger partial charge is 0.260 e. The lowest BCUT2D eigenvalue weighted by Gasteiger charge is -2.23. The summed E-state index contributed by atoms with van der Waals surface area (Å²) in [7, 11) is 3.61. The van der Waals surface area contributed by atoms with E-state index >= 15 is 0 Å². The first-order valence-corrected chi connectivity index (χ1v) is 9.69. The number of fused-ring (bicyclic) bond motifs is 2. The highest BCUT2D eigenvalue weighted by molar-refractivity contribution is 6.13. The zero-order valence-electron chi connectivity index (χ0n) is 17.1. The molecule has 7 nitrogen and oxygen atoms in total. The third kappa shape index (κ3) is 3.79. The van der Waals surface area contributed by atoms with Crippen LogP contribution in [-0.2, 0) is 0 Å². The fraction of sp³-hybridized carbons (Fsp3) is 0.174. The summed E-state index contributed by atoms with van der Waals surface area (Å²) in [5.74, 6) is 0.745. The zero-order valence-corrected chi connectivity index (χ0v) is 17.1. The van der Waals surface area contributed by atoms with Crippen LogP contribution in [0, 0.1) is 0 Å². The second kappa shape index (κ2) is 8.43.